The van der Waals surface area contributed by atoms with Crippen LogP contribution in [0.15, 0.2) is 0 Å². The Hall–Kier alpha value is -0.610. The average Bonchev–Trinajstić information content (AvgIpc) is 2.23. The summed E-state index contributed by atoms with van der Waals surface area (Å²) in [5.41, 5.74) is 5.56. The fourth-order valence-corrected chi connectivity index (χ4v) is 1.20. The molecule has 0 spiro atoms. The molecule has 16 heavy (non-hydrogen) atoms. The van der Waals surface area contributed by atoms with Crippen molar-refractivity contribution in [3.63, 3.8) is 0 Å². The lowest BCUT2D eigenvalue weighted by molar-refractivity contribution is -0.122. The third-order valence-corrected chi connectivity index (χ3v) is 3.31. The van der Waals surface area contributed by atoms with Gasteiger partial charge in [-0.05, 0) is 40.4 Å². The fraction of sp³-hybridized carbons (Fsp3) is 0.917. The normalized spacial score (nSPS) is 13.9. The third kappa shape index (κ3) is 5.47. The van der Waals surface area contributed by atoms with Gasteiger partial charge in [-0.2, -0.15) is 0 Å². The number of hydrogen-bond acceptors (Lipinski definition) is 3. The molecule has 96 valence electrons. The van der Waals surface area contributed by atoms with Crippen molar-refractivity contribution < 1.29 is 4.79 Å². The SMILES string of the molecule is CCC(CN)CC(=O)NCC(C)(C)N(C)C. The molecule has 1 amide bonds. The van der Waals surface area contributed by atoms with E-state index < -0.39 is 0 Å². The standard InChI is InChI=1S/C12H27N3O/c1-6-10(8-13)7-11(16)14-9-12(2,3)15(4)5/h10H,6-9,13H2,1-5H3,(H,14,16). The van der Waals surface area contributed by atoms with E-state index in [9.17, 15) is 4.79 Å². The van der Waals surface area contributed by atoms with Crippen LogP contribution in [-0.4, -0.2) is 43.5 Å². The molecule has 0 radical (unpaired) electrons. The molecule has 0 aliphatic heterocycles. The van der Waals surface area contributed by atoms with Crippen molar-refractivity contribution in [3.05, 3.63) is 0 Å². The zero-order chi connectivity index (χ0) is 12.8. The van der Waals surface area contributed by atoms with Gasteiger partial charge in [0.25, 0.3) is 0 Å². The van der Waals surface area contributed by atoms with Crippen molar-refractivity contribution in [1.29, 1.82) is 0 Å². The third-order valence-electron chi connectivity index (χ3n) is 3.31. The Bertz CT molecular complexity index is 210. The van der Waals surface area contributed by atoms with E-state index in [2.05, 4.69) is 31.0 Å². The smallest absolute Gasteiger partial charge is 0.220 e. The maximum absolute atomic E-state index is 11.7. The molecule has 3 N–H and O–H groups in total. The van der Waals surface area contributed by atoms with Gasteiger partial charge in [0.2, 0.25) is 5.91 Å². The number of carbonyl (C=O) groups excluding carboxylic acids is 1. The van der Waals surface area contributed by atoms with Crippen molar-refractivity contribution in [2.24, 2.45) is 11.7 Å². The molecule has 0 saturated carbocycles. The van der Waals surface area contributed by atoms with Gasteiger partial charge in [-0.3, -0.25) is 4.79 Å². The van der Waals surface area contributed by atoms with Crippen LogP contribution in [0.25, 0.3) is 0 Å². The van der Waals surface area contributed by atoms with Crippen LogP contribution >= 0.6 is 0 Å². The molecule has 0 fully saturated rings. The molecule has 0 aliphatic rings. The lowest BCUT2D eigenvalue weighted by Crippen LogP contribution is -2.48. The number of amides is 1. The van der Waals surface area contributed by atoms with E-state index in [1.54, 1.807) is 0 Å². The molecule has 1 atom stereocenters. The van der Waals surface area contributed by atoms with Crippen molar-refractivity contribution in [3.8, 4) is 0 Å². The Morgan fingerprint density at radius 1 is 1.44 bits per heavy atom. The zero-order valence-corrected chi connectivity index (χ0v) is 11.3. The summed E-state index contributed by atoms with van der Waals surface area (Å²) in [5, 5.41) is 2.97. The number of likely N-dealkylation sites (N-methyl/N-ethyl adjacent to an activating group) is 1. The predicted molar refractivity (Wildman–Crippen MR) is 68.2 cm³/mol. The van der Waals surface area contributed by atoms with Crippen molar-refractivity contribution in [1.82, 2.24) is 10.2 Å². The van der Waals surface area contributed by atoms with Gasteiger partial charge in [-0.1, -0.05) is 13.3 Å². The maximum Gasteiger partial charge on any atom is 0.220 e. The summed E-state index contributed by atoms with van der Waals surface area (Å²) >= 11 is 0. The second kappa shape index (κ2) is 6.86. The highest BCUT2D eigenvalue weighted by molar-refractivity contribution is 5.76. The van der Waals surface area contributed by atoms with Crippen LogP contribution in [0.1, 0.15) is 33.6 Å². The average molecular weight is 229 g/mol. The Labute approximate surface area is 99.6 Å². The Balaban J connectivity index is 3.98. The molecule has 4 nitrogen and oxygen atoms in total. The molecule has 0 aromatic heterocycles. The van der Waals surface area contributed by atoms with Gasteiger partial charge < -0.3 is 16.0 Å². The van der Waals surface area contributed by atoms with Gasteiger partial charge in [0.15, 0.2) is 0 Å². The highest BCUT2D eigenvalue weighted by atomic mass is 16.1. The lowest BCUT2D eigenvalue weighted by atomic mass is 10.0. The van der Waals surface area contributed by atoms with E-state index in [1.807, 2.05) is 14.1 Å². The van der Waals surface area contributed by atoms with Gasteiger partial charge in [0.1, 0.15) is 0 Å². The van der Waals surface area contributed by atoms with Crippen LogP contribution in [0, 0.1) is 5.92 Å². The molecular formula is C12H27N3O. The first kappa shape index (κ1) is 15.4. The van der Waals surface area contributed by atoms with Gasteiger partial charge in [-0.15, -0.1) is 0 Å². The van der Waals surface area contributed by atoms with E-state index >= 15 is 0 Å². The van der Waals surface area contributed by atoms with Crippen LogP contribution in [0.5, 0.6) is 0 Å². The summed E-state index contributed by atoms with van der Waals surface area (Å²) in [7, 11) is 4.03. The molecule has 0 saturated heterocycles. The Morgan fingerprint density at radius 3 is 2.38 bits per heavy atom. The summed E-state index contributed by atoms with van der Waals surface area (Å²) in [5.74, 6) is 0.412. The van der Waals surface area contributed by atoms with E-state index in [1.165, 1.54) is 0 Å². The second-order valence-corrected chi connectivity index (χ2v) is 5.20. The first-order chi connectivity index (χ1) is 7.33. The first-order valence-electron chi connectivity index (χ1n) is 5.97. The number of nitrogens with two attached hydrogens (primary N) is 1. The molecule has 0 aromatic carbocycles. The molecule has 1 unspecified atom stereocenters. The maximum atomic E-state index is 11.7. The number of nitrogens with zero attached hydrogens (tertiary/aromatic N) is 1. The van der Waals surface area contributed by atoms with E-state index in [4.69, 9.17) is 5.73 Å². The van der Waals surface area contributed by atoms with Crippen LogP contribution in [0.4, 0.5) is 0 Å². The molecule has 0 heterocycles. The van der Waals surface area contributed by atoms with E-state index in [0.29, 0.717) is 25.4 Å². The predicted octanol–water partition coefficient (Wildman–Crippen LogP) is 0.818. The fourth-order valence-electron chi connectivity index (χ4n) is 1.20. The Morgan fingerprint density at radius 2 is 2.00 bits per heavy atom. The highest BCUT2D eigenvalue weighted by Crippen LogP contribution is 2.09. The minimum atomic E-state index is -0.0138. The highest BCUT2D eigenvalue weighted by Gasteiger charge is 2.21. The van der Waals surface area contributed by atoms with Gasteiger partial charge in [-0.25, -0.2) is 0 Å². The monoisotopic (exact) mass is 229 g/mol. The molecular weight excluding hydrogens is 202 g/mol. The van der Waals surface area contributed by atoms with Gasteiger partial charge >= 0.3 is 0 Å². The number of carbonyl (C=O) groups is 1. The van der Waals surface area contributed by atoms with Crippen molar-refractivity contribution in [2.75, 3.05) is 27.2 Å². The summed E-state index contributed by atoms with van der Waals surface area (Å²) in [6.07, 6.45) is 1.50. The quantitative estimate of drug-likeness (QED) is 0.679. The van der Waals surface area contributed by atoms with Crippen molar-refractivity contribution in [2.45, 2.75) is 39.2 Å². The van der Waals surface area contributed by atoms with E-state index in [-0.39, 0.29) is 11.4 Å². The Kier molecular flexibility index (Phi) is 6.60. The molecule has 4 heteroatoms. The van der Waals surface area contributed by atoms with Gasteiger partial charge in [0.05, 0.1) is 0 Å². The van der Waals surface area contributed by atoms with Crippen molar-refractivity contribution >= 4 is 5.91 Å². The van der Waals surface area contributed by atoms with Crippen LogP contribution < -0.4 is 11.1 Å². The summed E-state index contributed by atoms with van der Waals surface area (Å²) in [6, 6.07) is 0. The number of nitrogens with one attached hydrogen (secondary N) is 1. The van der Waals surface area contributed by atoms with Crippen LogP contribution in [0.3, 0.4) is 0 Å². The molecule has 0 aliphatic carbocycles. The second-order valence-electron chi connectivity index (χ2n) is 5.20. The van der Waals surface area contributed by atoms with Crippen LogP contribution in [-0.2, 0) is 4.79 Å². The van der Waals surface area contributed by atoms with Gasteiger partial charge in [0, 0.05) is 18.5 Å². The summed E-state index contributed by atoms with van der Waals surface area (Å²) in [4.78, 5) is 13.8. The first-order valence-corrected chi connectivity index (χ1v) is 5.97. The topological polar surface area (TPSA) is 58.4 Å². The molecule has 0 rings (SSSR count). The zero-order valence-electron chi connectivity index (χ0n) is 11.3. The summed E-state index contributed by atoms with van der Waals surface area (Å²) < 4.78 is 0. The van der Waals surface area contributed by atoms with Crippen LogP contribution in [0.2, 0.25) is 0 Å². The number of rotatable bonds is 7. The molecule has 0 aromatic rings. The largest absolute Gasteiger partial charge is 0.354 e. The number of hydrogen-bond donors (Lipinski definition) is 2. The minimum Gasteiger partial charge on any atom is -0.354 e. The van der Waals surface area contributed by atoms with E-state index in [0.717, 1.165) is 6.42 Å². The lowest BCUT2D eigenvalue weighted by Gasteiger charge is -2.32. The molecule has 0 bridgehead atoms. The summed E-state index contributed by atoms with van der Waals surface area (Å²) in [6.45, 7) is 7.52. The minimum absolute atomic E-state index is 0.0138.